The number of hydrogen-bond donors (Lipinski definition) is 2. The molecule has 1 heterocycles. The van der Waals surface area contributed by atoms with E-state index in [0.717, 1.165) is 0 Å². The second-order valence-corrected chi connectivity index (χ2v) is 4.29. The molecule has 7 heteroatoms. The molecule has 2 aliphatic rings. The first kappa shape index (κ1) is 11.5. The number of ketones is 3. The molecule has 0 radical (unpaired) electrons. The maximum atomic E-state index is 12.0. The molecule has 1 aromatic carbocycles. The normalized spacial score (nSPS) is 20.7. The lowest BCUT2D eigenvalue weighted by Gasteiger charge is -2.20. The Morgan fingerprint density at radius 2 is 1.47 bits per heavy atom. The molecule has 1 atom stereocenters. The molecule has 3 rings (SSSR count). The zero-order valence-electron chi connectivity index (χ0n) is 9.72. The monoisotopic (exact) mass is 264 g/mol. The minimum Gasteiger partial charge on any atom is -0.504 e. The molecular weight excluding hydrogens is 256 g/mol. The summed E-state index contributed by atoms with van der Waals surface area (Å²) in [5.41, 5.74) is -0.909. The Morgan fingerprint density at radius 3 is 2.05 bits per heavy atom. The fraction of sp³-hybridized carbons (Fsp3) is 0.250. The van der Waals surface area contributed by atoms with Crippen LogP contribution in [0.4, 0.5) is 0 Å². The first-order valence-corrected chi connectivity index (χ1v) is 5.45. The van der Waals surface area contributed by atoms with E-state index < -0.39 is 40.3 Å². The predicted octanol–water partition coefficient (Wildman–Crippen LogP) is 0.411. The topological polar surface area (TPSA) is 110 Å². The largest absolute Gasteiger partial charge is 0.504 e. The van der Waals surface area contributed by atoms with Crippen molar-refractivity contribution in [2.45, 2.75) is 6.92 Å². The van der Waals surface area contributed by atoms with Crippen molar-refractivity contribution in [1.29, 1.82) is 0 Å². The molecule has 0 aromatic heterocycles. The zero-order chi connectivity index (χ0) is 13.9. The van der Waals surface area contributed by atoms with Crippen LogP contribution in [0.5, 0.6) is 23.0 Å². The number of phenolic OH excluding ortho intramolecular Hbond substituents is 2. The summed E-state index contributed by atoms with van der Waals surface area (Å²) >= 11 is 0. The van der Waals surface area contributed by atoms with E-state index >= 15 is 0 Å². The van der Waals surface area contributed by atoms with Crippen LogP contribution in [0.25, 0.3) is 0 Å². The Bertz CT molecular complexity index is 659. The molecule has 0 saturated heterocycles. The van der Waals surface area contributed by atoms with E-state index in [-0.39, 0.29) is 23.9 Å². The highest BCUT2D eigenvalue weighted by Gasteiger charge is 2.44. The molecule has 1 unspecified atom stereocenters. The molecule has 19 heavy (non-hydrogen) atoms. The van der Waals surface area contributed by atoms with Crippen molar-refractivity contribution < 1.29 is 34.1 Å². The number of carbonyl (C=O) groups is 3. The van der Waals surface area contributed by atoms with E-state index in [1.807, 2.05) is 0 Å². The van der Waals surface area contributed by atoms with Gasteiger partial charge in [0, 0.05) is 0 Å². The van der Waals surface area contributed by atoms with Crippen molar-refractivity contribution in [3.63, 3.8) is 0 Å². The third-order valence-corrected chi connectivity index (χ3v) is 3.25. The summed E-state index contributed by atoms with van der Waals surface area (Å²) in [7, 11) is 0. The number of carbonyl (C=O) groups excluding carboxylic acids is 3. The quantitative estimate of drug-likeness (QED) is 0.396. The van der Waals surface area contributed by atoms with Crippen molar-refractivity contribution in [3.05, 3.63) is 11.1 Å². The molecule has 0 fully saturated rings. The van der Waals surface area contributed by atoms with Crippen LogP contribution in [0.1, 0.15) is 27.6 Å². The van der Waals surface area contributed by atoms with Crippen LogP contribution in [0, 0.1) is 5.92 Å². The van der Waals surface area contributed by atoms with Gasteiger partial charge in [0.15, 0.2) is 17.3 Å². The molecule has 2 N–H and O–H groups in total. The van der Waals surface area contributed by atoms with Gasteiger partial charge in [-0.3, -0.25) is 14.4 Å². The number of Topliss-reactive ketones (excluding diaryl/α,β-unsaturated/α-hetero) is 3. The van der Waals surface area contributed by atoms with Gasteiger partial charge in [-0.2, -0.15) is 0 Å². The predicted molar refractivity (Wildman–Crippen MR) is 58.7 cm³/mol. The number of fused-ring (bicyclic) bond motifs is 2. The second kappa shape index (κ2) is 3.47. The lowest BCUT2D eigenvalue weighted by molar-refractivity contribution is -0.117. The van der Waals surface area contributed by atoms with Crippen LogP contribution in [-0.4, -0.2) is 34.4 Å². The number of aromatic hydroxyl groups is 2. The van der Waals surface area contributed by atoms with Gasteiger partial charge in [-0.1, -0.05) is 0 Å². The van der Waals surface area contributed by atoms with Gasteiger partial charge in [-0.15, -0.1) is 0 Å². The minimum absolute atomic E-state index is 0.195. The first-order valence-electron chi connectivity index (χ1n) is 5.45. The summed E-state index contributed by atoms with van der Waals surface area (Å²) in [5, 5.41) is 19.9. The van der Waals surface area contributed by atoms with Crippen molar-refractivity contribution in [2.24, 2.45) is 5.92 Å². The highest BCUT2D eigenvalue weighted by molar-refractivity contribution is 6.52. The summed E-state index contributed by atoms with van der Waals surface area (Å²) in [6.07, 6.45) is 0. The molecule has 98 valence electrons. The fourth-order valence-electron chi connectivity index (χ4n) is 2.21. The van der Waals surface area contributed by atoms with E-state index in [1.54, 1.807) is 0 Å². The molecule has 0 saturated carbocycles. The van der Waals surface area contributed by atoms with Crippen LogP contribution in [0.2, 0.25) is 0 Å². The summed E-state index contributed by atoms with van der Waals surface area (Å²) in [6.45, 7) is 1.01. The highest BCUT2D eigenvalue weighted by Crippen LogP contribution is 2.52. The summed E-state index contributed by atoms with van der Waals surface area (Å²) in [5.74, 6) is -5.54. The van der Waals surface area contributed by atoms with Gasteiger partial charge in [0.05, 0.1) is 17.0 Å². The maximum Gasteiger partial charge on any atom is 0.234 e. The van der Waals surface area contributed by atoms with Crippen LogP contribution in [0.3, 0.4) is 0 Å². The van der Waals surface area contributed by atoms with Gasteiger partial charge in [-0.25, -0.2) is 0 Å². The molecule has 0 bridgehead atoms. The second-order valence-electron chi connectivity index (χ2n) is 4.29. The average Bonchev–Trinajstić information content (AvgIpc) is 2.87. The number of benzene rings is 1. The van der Waals surface area contributed by atoms with Crippen LogP contribution in [-0.2, 0) is 4.79 Å². The first-order chi connectivity index (χ1) is 8.95. The Hall–Kier alpha value is -2.57. The number of hydrogen-bond acceptors (Lipinski definition) is 7. The van der Waals surface area contributed by atoms with Crippen LogP contribution >= 0.6 is 0 Å². The SMILES string of the molecule is CC1C(=O)C(=O)c2c(O)c3c(c(O)c2C1=O)OCO3. The lowest BCUT2D eigenvalue weighted by Crippen LogP contribution is -2.35. The van der Waals surface area contributed by atoms with Gasteiger partial charge < -0.3 is 19.7 Å². The fourth-order valence-corrected chi connectivity index (χ4v) is 2.21. The Kier molecular flexibility index (Phi) is 2.10. The van der Waals surface area contributed by atoms with Crippen LogP contribution < -0.4 is 9.47 Å². The van der Waals surface area contributed by atoms with Crippen molar-refractivity contribution in [2.75, 3.05) is 6.79 Å². The van der Waals surface area contributed by atoms with E-state index in [1.165, 1.54) is 6.92 Å². The molecule has 1 aliphatic heterocycles. The van der Waals surface area contributed by atoms with E-state index in [2.05, 4.69) is 0 Å². The zero-order valence-corrected chi connectivity index (χ0v) is 9.72. The Balaban J connectivity index is 2.41. The van der Waals surface area contributed by atoms with Crippen LogP contribution in [0.15, 0.2) is 0 Å². The summed E-state index contributed by atoms with van der Waals surface area (Å²) < 4.78 is 9.86. The highest BCUT2D eigenvalue weighted by atomic mass is 16.7. The Morgan fingerprint density at radius 1 is 0.947 bits per heavy atom. The van der Waals surface area contributed by atoms with Gasteiger partial charge in [0.1, 0.15) is 0 Å². The summed E-state index contributed by atoms with van der Waals surface area (Å²) in [6, 6.07) is 0. The molecule has 1 aliphatic carbocycles. The third-order valence-electron chi connectivity index (χ3n) is 3.25. The van der Waals surface area contributed by atoms with Gasteiger partial charge in [-0.05, 0) is 6.92 Å². The average molecular weight is 264 g/mol. The molecule has 7 nitrogen and oxygen atoms in total. The maximum absolute atomic E-state index is 12.0. The van der Waals surface area contributed by atoms with Gasteiger partial charge in [0.25, 0.3) is 0 Å². The molecule has 0 spiro atoms. The van der Waals surface area contributed by atoms with Crippen molar-refractivity contribution in [1.82, 2.24) is 0 Å². The van der Waals surface area contributed by atoms with E-state index in [0.29, 0.717) is 0 Å². The number of ether oxygens (including phenoxy) is 2. The molecular formula is C12H8O7. The van der Waals surface area contributed by atoms with E-state index in [4.69, 9.17) is 9.47 Å². The van der Waals surface area contributed by atoms with E-state index in [9.17, 15) is 24.6 Å². The smallest absolute Gasteiger partial charge is 0.234 e. The van der Waals surface area contributed by atoms with Gasteiger partial charge in [0.2, 0.25) is 29.9 Å². The lowest BCUT2D eigenvalue weighted by atomic mass is 9.80. The van der Waals surface area contributed by atoms with Crippen molar-refractivity contribution in [3.8, 4) is 23.0 Å². The number of phenols is 2. The molecule has 1 aromatic rings. The number of rotatable bonds is 0. The summed E-state index contributed by atoms with van der Waals surface area (Å²) in [4.78, 5) is 35.5. The van der Waals surface area contributed by atoms with Crippen molar-refractivity contribution >= 4 is 17.3 Å². The van der Waals surface area contributed by atoms with Gasteiger partial charge >= 0.3 is 0 Å². The molecule has 0 amide bonds. The minimum atomic E-state index is -1.19. The standard InChI is InChI=1S/C12H8O7/c1-3-6(13)4-5(8(15)7(3)14)10(17)12-11(9(4)16)18-2-19-12/h3,16-17H,2H2,1H3. The Labute approximate surface area is 106 Å². The third kappa shape index (κ3) is 1.24.